The number of hydrogen-bond acceptors (Lipinski definition) is 4. The third kappa shape index (κ3) is 11.1. The summed E-state index contributed by atoms with van der Waals surface area (Å²) < 4.78 is 17.8. The monoisotopic (exact) mass is 332 g/mol. The molecule has 23 heavy (non-hydrogen) atoms. The van der Waals surface area contributed by atoms with E-state index in [0.717, 1.165) is 19.4 Å². The molecule has 0 bridgehead atoms. The van der Waals surface area contributed by atoms with Gasteiger partial charge in [0.25, 0.3) is 0 Å². The van der Waals surface area contributed by atoms with Gasteiger partial charge in [0, 0.05) is 0 Å². The molecule has 0 saturated carbocycles. The second-order valence-electron chi connectivity index (χ2n) is 9.13. The highest BCUT2D eigenvalue weighted by molar-refractivity contribution is 4.76. The Morgan fingerprint density at radius 3 is 1.70 bits per heavy atom. The van der Waals surface area contributed by atoms with E-state index >= 15 is 0 Å². The summed E-state index contributed by atoms with van der Waals surface area (Å²) in [6, 6.07) is 0. The Hall–Kier alpha value is -0.160. The van der Waals surface area contributed by atoms with Gasteiger partial charge in [-0.05, 0) is 59.8 Å². The van der Waals surface area contributed by atoms with Crippen molar-refractivity contribution in [1.82, 2.24) is 0 Å². The summed E-state index contributed by atoms with van der Waals surface area (Å²) >= 11 is 0. The van der Waals surface area contributed by atoms with Crippen molar-refractivity contribution in [1.29, 1.82) is 0 Å². The summed E-state index contributed by atoms with van der Waals surface area (Å²) in [5.74, 6) is 0. The van der Waals surface area contributed by atoms with Crippen LogP contribution in [0.5, 0.6) is 0 Å². The Morgan fingerprint density at radius 1 is 0.696 bits per heavy atom. The first-order valence-corrected chi connectivity index (χ1v) is 8.77. The predicted octanol–water partition coefficient (Wildman–Crippen LogP) is 4.19. The maximum Gasteiger partial charge on any atom is 0.0859 e. The first kappa shape index (κ1) is 22.8. The average molecular weight is 333 g/mol. The zero-order valence-electron chi connectivity index (χ0n) is 16.9. The molecule has 0 radical (unpaired) electrons. The number of ether oxygens (including phenoxy) is 3. The average Bonchev–Trinajstić information content (AvgIpc) is 2.43. The third-order valence-corrected chi connectivity index (χ3v) is 4.20. The molecule has 0 spiro atoms. The molecule has 1 N–H and O–H groups in total. The van der Waals surface area contributed by atoms with E-state index in [4.69, 9.17) is 14.2 Å². The van der Waals surface area contributed by atoms with Gasteiger partial charge in [-0.15, -0.1) is 0 Å². The van der Waals surface area contributed by atoms with E-state index in [9.17, 15) is 5.11 Å². The molecular formula is C19H40O4. The van der Waals surface area contributed by atoms with Gasteiger partial charge in [-0.1, -0.05) is 20.8 Å². The van der Waals surface area contributed by atoms with Crippen LogP contribution in [0.4, 0.5) is 0 Å². The zero-order valence-corrected chi connectivity index (χ0v) is 16.9. The highest BCUT2D eigenvalue weighted by atomic mass is 16.6. The molecule has 140 valence electrons. The van der Waals surface area contributed by atoms with Crippen LogP contribution < -0.4 is 0 Å². The molecule has 0 aromatic rings. The number of rotatable bonds is 12. The summed E-state index contributed by atoms with van der Waals surface area (Å²) in [7, 11) is 0. The first-order chi connectivity index (χ1) is 10.2. The standard InChI is InChI=1S/C19H40O4/c1-10-16(2,3)14-22-19(8,9)15-23-17(4,5)11-12-21-18(6,7)13-20/h20H,10-15H2,1-9H3. The minimum absolute atomic E-state index is 0.0162. The number of hydrogen-bond donors (Lipinski definition) is 1. The van der Waals surface area contributed by atoms with Crippen molar-refractivity contribution in [3.8, 4) is 0 Å². The molecule has 0 atom stereocenters. The van der Waals surface area contributed by atoms with Gasteiger partial charge in [0.1, 0.15) is 0 Å². The van der Waals surface area contributed by atoms with Crippen LogP contribution in [0.1, 0.15) is 75.2 Å². The van der Waals surface area contributed by atoms with Crippen molar-refractivity contribution in [2.45, 2.75) is 92.0 Å². The number of aliphatic hydroxyl groups excluding tert-OH is 1. The summed E-state index contributed by atoms with van der Waals surface area (Å²) in [5, 5.41) is 9.21. The fraction of sp³-hybridized carbons (Fsp3) is 1.00. The molecule has 0 aliphatic rings. The second-order valence-corrected chi connectivity index (χ2v) is 9.13. The fourth-order valence-corrected chi connectivity index (χ4v) is 1.59. The molecule has 0 unspecified atom stereocenters. The summed E-state index contributed by atoms with van der Waals surface area (Å²) in [6.45, 7) is 20.5. The molecular weight excluding hydrogens is 292 g/mol. The fourth-order valence-electron chi connectivity index (χ4n) is 1.59. The molecule has 0 aromatic carbocycles. The van der Waals surface area contributed by atoms with Crippen LogP contribution in [0, 0.1) is 5.41 Å². The molecule has 4 heteroatoms. The molecule has 0 aliphatic carbocycles. The Labute approximate surface area is 143 Å². The SMILES string of the molecule is CCC(C)(C)COC(C)(C)COC(C)(C)CCOC(C)(C)CO. The van der Waals surface area contributed by atoms with Gasteiger partial charge in [0.05, 0.1) is 43.2 Å². The third-order valence-electron chi connectivity index (χ3n) is 4.20. The first-order valence-electron chi connectivity index (χ1n) is 8.77. The van der Waals surface area contributed by atoms with Crippen LogP contribution in [0.3, 0.4) is 0 Å². The van der Waals surface area contributed by atoms with Crippen LogP contribution in [-0.2, 0) is 14.2 Å². The maximum atomic E-state index is 9.21. The normalized spacial score (nSPS) is 14.3. The van der Waals surface area contributed by atoms with Gasteiger partial charge < -0.3 is 19.3 Å². The van der Waals surface area contributed by atoms with Gasteiger partial charge in [0.15, 0.2) is 0 Å². The van der Waals surface area contributed by atoms with Crippen LogP contribution in [-0.4, -0.2) is 48.3 Å². The van der Waals surface area contributed by atoms with Gasteiger partial charge >= 0.3 is 0 Å². The molecule has 0 aliphatic heterocycles. The van der Waals surface area contributed by atoms with E-state index in [0.29, 0.717) is 13.2 Å². The molecule has 0 rings (SSSR count). The Morgan fingerprint density at radius 2 is 1.22 bits per heavy atom. The zero-order chi connectivity index (χ0) is 18.4. The highest BCUT2D eigenvalue weighted by Crippen LogP contribution is 2.25. The molecule has 0 heterocycles. The minimum Gasteiger partial charge on any atom is -0.393 e. The van der Waals surface area contributed by atoms with E-state index in [1.165, 1.54) is 0 Å². The lowest BCUT2D eigenvalue weighted by molar-refractivity contribution is -0.144. The summed E-state index contributed by atoms with van der Waals surface area (Å²) in [4.78, 5) is 0. The Bertz CT molecular complexity index is 332. The van der Waals surface area contributed by atoms with E-state index in [1.807, 2.05) is 13.8 Å². The van der Waals surface area contributed by atoms with Gasteiger partial charge in [-0.3, -0.25) is 0 Å². The van der Waals surface area contributed by atoms with Crippen molar-refractivity contribution < 1.29 is 19.3 Å². The molecule has 0 fully saturated rings. The lowest BCUT2D eigenvalue weighted by Crippen LogP contribution is -2.39. The molecule has 0 saturated heterocycles. The van der Waals surface area contributed by atoms with Gasteiger partial charge in [0.2, 0.25) is 0 Å². The van der Waals surface area contributed by atoms with Crippen molar-refractivity contribution in [3.63, 3.8) is 0 Å². The van der Waals surface area contributed by atoms with E-state index < -0.39 is 5.60 Å². The lowest BCUT2D eigenvalue weighted by Gasteiger charge is -2.35. The quantitative estimate of drug-likeness (QED) is 0.582. The summed E-state index contributed by atoms with van der Waals surface area (Å²) in [6.07, 6.45) is 1.86. The molecule has 0 aromatic heterocycles. The smallest absolute Gasteiger partial charge is 0.0859 e. The Kier molecular flexibility index (Phi) is 8.73. The van der Waals surface area contributed by atoms with Crippen molar-refractivity contribution in [3.05, 3.63) is 0 Å². The van der Waals surface area contributed by atoms with Crippen LogP contribution in [0.15, 0.2) is 0 Å². The topological polar surface area (TPSA) is 47.9 Å². The maximum absolute atomic E-state index is 9.21. The minimum atomic E-state index is -0.496. The van der Waals surface area contributed by atoms with Gasteiger partial charge in [-0.2, -0.15) is 0 Å². The van der Waals surface area contributed by atoms with E-state index in [2.05, 4.69) is 48.5 Å². The Balaban J connectivity index is 4.24. The largest absolute Gasteiger partial charge is 0.393 e. The number of aliphatic hydroxyl groups is 1. The van der Waals surface area contributed by atoms with E-state index in [1.54, 1.807) is 0 Å². The lowest BCUT2D eigenvalue weighted by atomic mass is 9.91. The van der Waals surface area contributed by atoms with Crippen molar-refractivity contribution in [2.24, 2.45) is 5.41 Å². The van der Waals surface area contributed by atoms with Gasteiger partial charge in [-0.25, -0.2) is 0 Å². The summed E-state index contributed by atoms with van der Waals surface area (Å²) in [5.41, 5.74) is -0.901. The van der Waals surface area contributed by atoms with Crippen LogP contribution in [0.2, 0.25) is 0 Å². The van der Waals surface area contributed by atoms with Crippen molar-refractivity contribution >= 4 is 0 Å². The molecule has 0 amide bonds. The van der Waals surface area contributed by atoms with Crippen LogP contribution in [0.25, 0.3) is 0 Å². The highest BCUT2D eigenvalue weighted by Gasteiger charge is 2.28. The molecule has 4 nitrogen and oxygen atoms in total. The van der Waals surface area contributed by atoms with Crippen LogP contribution >= 0.6 is 0 Å². The predicted molar refractivity (Wildman–Crippen MR) is 95.9 cm³/mol. The van der Waals surface area contributed by atoms with E-state index in [-0.39, 0.29) is 23.2 Å². The second kappa shape index (κ2) is 8.80. The van der Waals surface area contributed by atoms with Crippen molar-refractivity contribution in [2.75, 3.05) is 26.4 Å².